The summed E-state index contributed by atoms with van der Waals surface area (Å²) in [5, 5.41) is 12.3. The molecule has 3 heterocycles. The number of amides is 1. The fourth-order valence-corrected chi connectivity index (χ4v) is 2.90. The maximum Gasteiger partial charge on any atom is 0.231 e. The van der Waals surface area contributed by atoms with Crippen molar-refractivity contribution >= 4 is 34.9 Å². The summed E-state index contributed by atoms with van der Waals surface area (Å²) in [6.07, 6.45) is 3.44. The number of nitrogens with one attached hydrogen (secondary N) is 1. The number of hydrogen-bond acceptors (Lipinski definition) is 5. The molecule has 3 rings (SSSR count). The zero-order valence-electron chi connectivity index (χ0n) is 12.3. The minimum atomic E-state index is -0.185. The average Bonchev–Trinajstić information content (AvgIpc) is 2.97. The minimum Gasteiger partial charge on any atom is -0.347 e. The Balaban J connectivity index is 1.58. The highest BCUT2D eigenvalue weighted by Crippen LogP contribution is 2.17. The largest absolute Gasteiger partial charge is 0.347 e. The molecular formula is C15H14ClN5OS. The molecule has 118 valence electrons. The molecule has 1 amide bonds. The summed E-state index contributed by atoms with van der Waals surface area (Å²) in [4.78, 5) is 16.3. The molecule has 0 aromatic carbocycles. The van der Waals surface area contributed by atoms with E-state index in [9.17, 15) is 4.79 Å². The first kappa shape index (κ1) is 15.8. The first-order valence-electron chi connectivity index (χ1n) is 6.97. The van der Waals surface area contributed by atoms with Gasteiger partial charge in [-0.15, -0.1) is 10.2 Å². The number of pyridine rings is 2. The van der Waals surface area contributed by atoms with Gasteiger partial charge < -0.3 is 5.32 Å². The molecule has 1 N–H and O–H groups in total. The van der Waals surface area contributed by atoms with Crippen molar-refractivity contribution in [3.8, 4) is 0 Å². The lowest BCUT2D eigenvalue weighted by molar-refractivity contribution is -0.119. The van der Waals surface area contributed by atoms with Crippen LogP contribution in [0.25, 0.3) is 5.65 Å². The smallest absolute Gasteiger partial charge is 0.231 e. The van der Waals surface area contributed by atoms with Gasteiger partial charge in [0.25, 0.3) is 0 Å². The number of thioether (sulfide) groups is 1. The monoisotopic (exact) mass is 347 g/mol. The summed E-state index contributed by atoms with van der Waals surface area (Å²) in [5.74, 6) is 0.167. The lowest BCUT2D eigenvalue weighted by atomic mass is 10.2. The van der Waals surface area contributed by atoms with E-state index in [2.05, 4.69) is 20.5 Å². The van der Waals surface area contributed by atoms with Crippen LogP contribution in [-0.4, -0.2) is 31.2 Å². The molecule has 0 saturated heterocycles. The van der Waals surface area contributed by atoms with Gasteiger partial charge in [0.15, 0.2) is 10.8 Å². The van der Waals surface area contributed by atoms with Gasteiger partial charge in [-0.25, -0.2) is 0 Å². The molecule has 3 aromatic rings. The highest BCUT2D eigenvalue weighted by Gasteiger charge is 2.13. The van der Waals surface area contributed by atoms with Gasteiger partial charge in [-0.1, -0.05) is 29.4 Å². The fraction of sp³-hybridized carbons (Fsp3) is 0.200. The van der Waals surface area contributed by atoms with E-state index in [1.54, 1.807) is 18.3 Å². The van der Waals surface area contributed by atoms with Gasteiger partial charge >= 0.3 is 0 Å². The molecule has 0 bridgehead atoms. The third-order valence-corrected chi connectivity index (χ3v) is 4.35. The zero-order valence-corrected chi connectivity index (χ0v) is 13.9. The lowest BCUT2D eigenvalue weighted by Crippen LogP contribution is -2.28. The molecule has 0 fully saturated rings. The first-order valence-corrected chi connectivity index (χ1v) is 8.33. The van der Waals surface area contributed by atoms with Crippen molar-refractivity contribution in [3.63, 3.8) is 0 Å². The molecule has 3 aromatic heterocycles. The summed E-state index contributed by atoms with van der Waals surface area (Å²) in [6.45, 7) is 1.88. The molecule has 1 atom stereocenters. The minimum absolute atomic E-state index is 0.0908. The van der Waals surface area contributed by atoms with Gasteiger partial charge in [0, 0.05) is 12.4 Å². The Morgan fingerprint density at radius 1 is 1.35 bits per heavy atom. The van der Waals surface area contributed by atoms with E-state index in [4.69, 9.17) is 11.6 Å². The van der Waals surface area contributed by atoms with Gasteiger partial charge in [0.2, 0.25) is 5.91 Å². The number of nitrogens with zero attached hydrogens (tertiary/aromatic N) is 4. The second-order valence-corrected chi connectivity index (χ2v) is 6.27. The van der Waals surface area contributed by atoms with Crippen LogP contribution in [0, 0.1) is 0 Å². The van der Waals surface area contributed by atoms with Crippen molar-refractivity contribution in [1.82, 2.24) is 24.9 Å². The molecule has 8 heteroatoms. The van der Waals surface area contributed by atoms with Crippen LogP contribution in [0.3, 0.4) is 0 Å². The summed E-state index contributed by atoms with van der Waals surface area (Å²) in [7, 11) is 0. The van der Waals surface area contributed by atoms with Crippen LogP contribution in [0.15, 0.2) is 47.9 Å². The standard InChI is InChI=1S/C15H14ClN5OS/c1-10(12-6-5-11(16)8-17-12)18-14(22)9-23-15-20-19-13-4-2-3-7-21(13)15/h2-8,10H,9H2,1H3,(H,18,22)/t10-/m1/s1. The molecule has 23 heavy (non-hydrogen) atoms. The quantitative estimate of drug-likeness (QED) is 0.718. The van der Waals surface area contributed by atoms with E-state index >= 15 is 0 Å². The average molecular weight is 348 g/mol. The maximum absolute atomic E-state index is 12.1. The van der Waals surface area contributed by atoms with E-state index in [0.29, 0.717) is 10.2 Å². The molecule has 0 aliphatic heterocycles. The summed E-state index contributed by atoms with van der Waals surface area (Å²) >= 11 is 7.15. The Morgan fingerprint density at radius 2 is 2.22 bits per heavy atom. The molecule has 0 radical (unpaired) electrons. The number of carbonyl (C=O) groups is 1. The molecule has 0 aliphatic rings. The van der Waals surface area contributed by atoms with Crippen LogP contribution < -0.4 is 5.32 Å². The first-order chi connectivity index (χ1) is 11.1. The second-order valence-electron chi connectivity index (χ2n) is 4.89. The number of rotatable bonds is 5. The Hall–Kier alpha value is -2.12. The molecule has 0 aliphatic carbocycles. The zero-order chi connectivity index (χ0) is 16.2. The molecule has 0 unspecified atom stereocenters. The van der Waals surface area contributed by atoms with Crippen LogP contribution >= 0.6 is 23.4 Å². The topological polar surface area (TPSA) is 72.2 Å². The fourth-order valence-electron chi connectivity index (χ4n) is 2.05. The SMILES string of the molecule is C[C@@H](NC(=O)CSc1nnc2ccccn12)c1ccc(Cl)cn1. The Kier molecular flexibility index (Phi) is 4.78. The third-order valence-electron chi connectivity index (χ3n) is 3.19. The van der Waals surface area contributed by atoms with Crippen molar-refractivity contribution in [2.24, 2.45) is 0 Å². The van der Waals surface area contributed by atoms with Gasteiger partial charge in [-0.3, -0.25) is 14.2 Å². The van der Waals surface area contributed by atoms with Crippen LogP contribution in [-0.2, 0) is 4.79 Å². The predicted octanol–water partition coefficient (Wildman–Crippen LogP) is 2.75. The van der Waals surface area contributed by atoms with Crippen LogP contribution in [0.1, 0.15) is 18.7 Å². The van der Waals surface area contributed by atoms with Gasteiger partial charge in [0.05, 0.1) is 22.5 Å². The van der Waals surface area contributed by atoms with Crippen molar-refractivity contribution < 1.29 is 4.79 Å². The van der Waals surface area contributed by atoms with Crippen LogP contribution in [0.4, 0.5) is 0 Å². The van der Waals surface area contributed by atoms with E-state index in [0.717, 1.165) is 11.3 Å². The summed E-state index contributed by atoms with van der Waals surface area (Å²) in [5.41, 5.74) is 1.52. The second kappa shape index (κ2) is 6.97. The number of carbonyl (C=O) groups excluding carboxylic acids is 1. The van der Waals surface area contributed by atoms with E-state index in [-0.39, 0.29) is 17.7 Å². The third kappa shape index (κ3) is 3.80. The van der Waals surface area contributed by atoms with Gasteiger partial charge in [0.1, 0.15) is 0 Å². The summed E-state index contributed by atoms with van der Waals surface area (Å²) in [6, 6.07) is 9.03. The normalized spacial score (nSPS) is 12.3. The number of halogens is 1. The van der Waals surface area contributed by atoms with E-state index in [1.165, 1.54) is 11.8 Å². The van der Waals surface area contributed by atoms with Crippen molar-refractivity contribution in [2.45, 2.75) is 18.1 Å². The van der Waals surface area contributed by atoms with Crippen LogP contribution in [0.2, 0.25) is 5.02 Å². The number of aromatic nitrogens is 4. The molecule has 0 spiro atoms. The predicted molar refractivity (Wildman–Crippen MR) is 89.5 cm³/mol. The Bertz CT molecular complexity index is 820. The van der Waals surface area contributed by atoms with Gasteiger partial charge in [-0.2, -0.15) is 0 Å². The van der Waals surface area contributed by atoms with Crippen molar-refractivity contribution in [2.75, 3.05) is 5.75 Å². The lowest BCUT2D eigenvalue weighted by Gasteiger charge is -2.13. The molecule has 0 saturated carbocycles. The van der Waals surface area contributed by atoms with Crippen molar-refractivity contribution in [1.29, 1.82) is 0 Å². The maximum atomic E-state index is 12.1. The highest BCUT2D eigenvalue weighted by atomic mass is 35.5. The number of hydrogen-bond donors (Lipinski definition) is 1. The van der Waals surface area contributed by atoms with Crippen molar-refractivity contribution in [3.05, 3.63) is 53.4 Å². The Morgan fingerprint density at radius 3 is 3.00 bits per heavy atom. The Labute approximate surface area is 142 Å². The molecule has 6 nitrogen and oxygen atoms in total. The van der Waals surface area contributed by atoms with E-state index < -0.39 is 0 Å². The highest BCUT2D eigenvalue weighted by molar-refractivity contribution is 7.99. The molecular weight excluding hydrogens is 334 g/mol. The number of fused-ring (bicyclic) bond motifs is 1. The van der Waals surface area contributed by atoms with Crippen LogP contribution in [0.5, 0.6) is 0 Å². The van der Waals surface area contributed by atoms with E-state index in [1.807, 2.05) is 35.7 Å². The van der Waals surface area contributed by atoms with Gasteiger partial charge in [-0.05, 0) is 31.2 Å². The summed E-state index contributed by atoms with van der Waals surface area (Å²) < 4.78 is 1.85.